The third kappa shape index (κ3) is 5.19. The van der Waals surface area contributed by atoms with Crippen molar-refractivity contribution < 1.29 is 14.2 Å². The second kappa shape index (κ2) is 8.55. The summed E-state index contributed by atoms with van der Waals surface area (Å²) in [5.74, 6) is 0.916. The van der Waals surface area contributed by atoms with Gasteiger partial charge in [0.25, 0.3) is 0 Å². The fourth-order valence-electron chi connectivity index (χ4n) is 1.94. The summed E-state index contributed by atoms with van der Waals surface area (Å²) in [6, 6.07) is 3.73. The van der Waals surface area contributed by atoms with E-state index in [1.165, 1.54) is 0 Å². The Balaban J connectivity index is 2.42. The average Bonchev–Trinajstić information content (AvgIpc) is 2.40. The van der Waals surface area contributed by atoms with Gasteiger partial charge < -0.3 is 19.9 Å². The number of amidine groups is 1. The van der Waals surface area contributed by atoms with Crippen LogP contribution in [0.3, 0.4) is 0 Å². The summed E-state index contributed by atoms with van der Waals surface area (Å²) in [7, 11) is 1.68. The number of nitrogens with two attached hydrogens (primary N) is 1. The maximum absolute atomic E-state index is 7.45. The molecule has 0 heterocycles. The Morgan fingerprint density at radius 2 is 1.75 bits per heavy atom. The standard InChI is InChI=1S/C15H24N2O3/c1-11-9-13(15(16)17)10-12(2)14(11)20-8-7-19-6-4-5-18-3/h9-10H,4-8H2,1-3H3,(H3,16,17). The van der Waals surface area contributed by atoms with E-state index < -0.39 is 0 Å². The third-order valence-electron chi connectivity index (χ3n) is 2.88. The van der Waals surface area contributed by atoms with Gasteiger partial charge in [0, 0.05) is 25.9 Å². The number of ether oxygens (including phenoxy) is 3. The minimum absolute atomic E-state index is 0.0734. The predicted molar refractivity (Wildman–Crippen MR) is 79.7 cm³/mol. The Labute approximate surface area is 120 Å². The highest BCUT2D eigenvalue weighted by Crippen LogP contribution is 2.24. The second-order valence-electron chi connectivity index (χ2n) is 4.66. The summed E-state index contributed by atoms with van der Waals surface area (Å²) in [5.41, 5.74) is 8.18. The van der Waals surface area contributed by atoms with Crippen molar-refractivity contribution >= 4 is 5.84 Å². The molecule has 1 rings (SSSR count). The maximum Gasteiger partial charge on any atom is 0.125 e. The predicted octanol–water partition coefficient (Wildman–Crippen LogP) is 2.02. The fraction of sp³-hybridized carbons (Fsp3) is 0.533. The molecule has 3 N–H and O–H groups in total. The van der Waals surface area contributed by atoms with Gasteiger partial charge >= 0.3 is 0 Å². The number of rotatable bonds is 9. The number of nitrogens with one attached hydrogen (secondary N) is 1. The van der Waals surface area contributed by atoms with Crippen molar-refractivity contribution in [2.24, 2.45) is 5.73 Å². The summed E-state index contributed by atoms with van der Waals surface area (Å²) in [4.78, 5) is 0. The highest BCUT2D eigenvalue weighted by Gasteiger charge is 2.07. The number of methoxy groups -OCH3 is 1. The molecule has 0 amide bonds. The Morgan fingerprint density at radius 1 is 1.10 bits per heavy atom. The lowest BCUT2D eigenvalue weighted by Crippen LogP contribution is -2.13. The quantitative estimate of drug-likeness (QED) is 0.412. The molecule has 0 aliphatic rings. The highest BCUT2D eigenvalue weighted by atomic mass is 16.5. The van der Waals surface area contributed by atoms with E-state index >= 15 is 0 Å². The van der Waals surface area contributed by atoms with Crippen molar-refractivity contribution in [2.45, 2.75) is 20.3 Å². The van der Waals surface area contributed by atoms with Crippen LogP contribution in [0.15, 0.2) is 12.1 Å². The lowest BCUT2D eigenvalue weighted by atomic mass is 10.1. The second-order valence-corrected chi connectivity index (χ2v) is 4.66. The third-order valence-corrected chi connectivity index (χ3v) is 2.88. The molecule has 0 saturated carbocycles. The summed E-state index contributed by atoms with van der Waals surface area (Å²) >= 11 is 0. The molecule has 5 heteroatoms. The van der Waals surface area contributed by atoms with E-state index in [1.807, 2.05) is 26.0 Å². The van der Waals surface area contributed by atoms with Gasteiger partial charge in [0.1, 0.15) is 18.2 Å². The zero-order valence-corrected chi connectivity index (χ0v) is 12.5. The van der Waals surface area contributed by atoms with E-state index in [1.54, 1.807) is 7.11 Å². The molecule has 20 heavy (non-hydrogen) atoms. The topological polar surface area (TPSA) is 77.6 Å². The molecule has 0 unspecified atom stereocenters. The molecule has 112 valence electrons. The fourth-order valence-corrected chi connectivity index (χ4v) is 1.94. The van der Waals surface area contributed by atoms with Gasteiger partial charge in [0.2, 0.25) is 0 Å². The van der Waals surface area contributed by atoms with Gasteiger partial charge in [-0.3, -0.25) is 5.41 Å². The van der Waals surface area contributed by atoms with Crippen LogP contribution < -0.4 is 10.5 Å². The zero-order chi connectivity index (χ0) is 15.0. The molecule has 0 bridgehead atoms. The van der Waals surface area contributed by atoms with Gasteiger partial charge in [0.15, 0.2) is 0 Å². The van der Waals surface area contributed by atoms with Crippen LogP contribution in [-0.4, -0.2) is 39.4 Å². The Hall–Kier alpha value is -1.59. The molecule has 0 atom stereocenters. The first kappa shape index (κ1) is 16.5. The van der Waals surface area contributed by atoms with Gasteiger partial charge in [-0.25, -0.2) is 0 Å². The lowest BCUT2D eigenvalue weighted by molar-refractivity contribution is 0.0803. The summed E-state index contributed by atoms with van der Waals surface area (Å²) in [6.07, 6.45) is 0.891. The summed E-state index contributed by atoms with van der Waals surface area (Å²) < 4.78 is 16.1. The maximum atomic E-state index is 7.45. The van der Waals surface area contributed by atoms with E-state index in [0.29, 0.717) is 26.4 Å². The van der Waals surface area contributed by atoms with Crippen molar-refractivity contribution in [1.29, 1.82) is 5.41 Å². The molecule has 0 saturated heterocycles. The molecule has 5 nitrogen and oxygen atoms in total. The van der Waals surface area contributed by atoms with Crippen molar-refractivity contribution in [2.75, 3.05) is 33.5 Å². The molecule has 1 aromatic carbocycles. The van der Waals surface area contributed by atoms with Gasteiger partial charge in [-0.05, 0) is 43.5 Å². The van der Waals surface area contributed by atoms with E-state index in [0.717, 1.165) is 28.9 Å². The van der Waals surface area contributed by atoms with Crippen LogP contribution >= 0.6 is 0 Å². The Bertz CT molecular complexity index is 424. The Kier molecular flexibility index (Phi) is 7.04. The number of benzene rings is 1. The number of hydrogen-bond donors (Lipinski definition) is 2. The molecule has 0 aliphatic carbocycles. The van der Waals surface area contributed by atoms with Crippen LogP contribution in [0.4, 0.5) is 0 Å². The summed E-state index contributed by atoms with van der Waals surface area (Å²) in [5, 5.41) is 7.45. The van der Waals surface area contributed by atoms with E-state index in [2.05, 4.69) is 0 Å². The first-order valence-corrected chi connectivity index (χ1v) is 6.71. The zero-order valence-electron chi connectivity index (χ0n) is 12.5. The number of aryl methyl sites for hydroxylation is 2. The first-order chi connectivity index (χ1) is 9.56. The first-order valence-electron chi connectivity index (χ1n) is 6.71. The van der Waals surface area contributed by atoms with Crippen molar-refractivity contribution in [3.8, 4) is 5.75 Å². The van der Waals surface area contributed by atoms with Crippen LogP contribution in [-0.2, 0) is 9.47 Å². The minimum atomic E-state index is 0.0734. The number of nitrogen functional groups attached to an aromatic ring is 1. The molecule has 0 fully saturated rings. The monoisotopic (exact) mass is 280 g/mol. The largest absolute Gasteiger partial charge is 0.491 e. The molecule has 0 aromatic heterocycles. The molecule has 1 aromatic rings. The molecular formula is C15H24N2O3. The molecule has 0 radical (unpaired) electrons. The molecule has 0 spiro atoms. The number of hydrogen-bond acceptors (Lipinski definition) is 4. The van der Waals surface area contributed by atoms with Crippen LogP contribution in [0.1, 0.15) is 23.1 Å². The van der Waals surface area contributed by atoms with Gasteiger partial charge in [-0.2, -0.15) is 0 Å². The smallest absolute Gasteiger partial charge is 0.125 e. The lowest BCUT2D eigenvalue weighted by Gasteiger charge is -2.14. The Morgan fingerprint density at radius 3 is 2.30 bits per heavy atom. The van der Waals surface area contributed by atoms with Crippen molar-refractivity contribution in [3.63, 3.8) is 0 Å². The average molecular weight is 280 g/mol. The SMILES string of the molecule is COCCCOCCOc1c(C)cc(C(=N)N)cc1C. The summed E-state index contributed by atoms with van der Waals surface area (Å²) in [6.45, 7) is 6.36. The van der Waals surface area contributed by atoms with E-state index in [-0.39, 0.29) is 5.84 Å². The van der Waals surface area contributed by atoms with Gasteiger partial charge in [-0.15, -0.1) is 0 Å². The van der Waals surface area contributed by atoms with Crippen molar-refractivity contribution in [3.05, 3.63) is 28.8 Å². The van der Waals surface area contributed by atoms with Crippen LogP contribution in [0.2, 0.25) is 0 Å². The van der Waals surface area contributed by atoms with Gasteiger partial charge in [0.05, 0.1) is 6.61 Å². The van der Waals surface area contributed by atoms with E-state index in [9.17, 15) is 0 Å². The van der Waals surface area contributed by atoms with Crippen LogP contribution in [0.25, 0.3) is 0 Å². The van der Waals surface area contributed by atoms with Crippen LogP contribution in [0, 0.1) is 19.3 Å². The normalized spacial score (nSPS) is 10.6. The molecule has 0 aliphatic heterocycles. The molecular weight excluding hydrogens is 256 g/mol. The van der Waals surface area contributed by atoms with E-state index in [4.69, 9.17) is 25.4 Å². The van der Waals surface area contributed by atoms with Crippen LogP contribution in [0.5, 0.6) is 5.75 Å². The minimum Gasteiger partial charge on any atom is -0.491 e. The van der Waals surface area contributed by atoms with Gasteiger partial charge in [-0.1, -0.05) is 0 Å². The van der Waals surface area contributed by atoms with Crippen molar-refractivity contribution in [1.82, 2.24) is 0 Å². The highest BCUT2D eigenvalue weighted by molar-refractivity contribution is 5.95.